The zero-order valence-electron chi connectivity index (χ0n) is 15.4. The molecule has 0 bridgehead atoms. The summed E-state index contributed by atoms with van der Waals surface area (Å²) >= 11 is 0. The minimum Gasteiger partial charge on any atom is -0.372 e. The van der Waals surface area contributed by atoms with Gasteiger partial charge >= 0.3 is 6.03 Å². The molecule has 1 fully saturated rings. The Kier molecular flexibility index (Phi) is 5.15. The topological polar surface area (TPSA) is 77.9 Å². The monoisotopic (exact) mass is 374 g/mol. The van der Waals surface area contributed by atoms with Crippen molar-refractivity contribution in [2.24, 2.45) is 11.3 Å². The van der Waals surface area contributed by atoms with Crippen LogP contribution in [0.5, 0.6) is 0 Å². The van der Waals surface area contributed by atoms with Crippen molar-refractivity contribution in [1.82, 2.24) is 9.80 Å². The second kappa shape index (κ2) is 7.23. The highest BCUT2D eigenvalue weighted by Crippen LogP contribution is 2.43. The number of carbonyl (C=O) groups excluding carboxylic acids is 3. The van der Waals surface area contributed by atoms with Gasteiger partial charge in [0.2, 0.25) is 5.91 Å². The number of hydrogen-bond acceptors (Lipinski definition) is 4. The van der Waals surface area contributed by atoms with E-state index in [0.717, 1.165) is 28.7 Å². The predicted octanol–water partition coefficient (Wildman–Crippen LogP) is 2.58. The molecule has 1 aromatic carbocycles. The Morgan fingerprint density at radius 3 is 2.74 bits per heavy atom. The molecule has 2 aliphatic rings. The lowest BCUT2D eigenvalue weighted by Crippen LogP contribution is -2.67. The average Bonchev–Trinajstić information content (AvgIpc) is 2.68. The lowest BCUT2D eigenvalue weighted by molar-refractivity contribution is -0.167. The predicted molar refractivity (Wildman–Crippen MR) is 96.2 cm³/mol. The molecule has 1 aromatic rings. The molecule has 1 saturated heterocycles. The molecular weight excluding hydrogens is 351 g/mol. The van der Waals surface area contributed by atoms with Gasteiger partial charge in [-0.15, -0.1) is 0 Å². The van der Waals surface area contributed by atoms with Gasteiger partial charge in [-0.05, 0) is 44.2 Å². The number of benzene rings is 1. The van der Waals surface area contributed by atoms with Crippen LogP contribution in [0.4, 0.5) is 9.18 Å². The molecule has 6 nitrogen and oxygen atoms in total. The van der Waals surface area contributed by atoms with Crippen molar-refractivity contribution < 1.29 is 23.9 Å². The average molecular weight is 374 g/mol. The van der Waals surface area contributed by atoms with E-state index >= 15 is 0 Å². The number of imide groups is 1. The first-order valence-electron chi connectivity index (χ1n) is 8.99. The summed E-state index contributed by atoms with van der Waals surface area (Å²) in [6.45, 7) is 1.13. The van der Waals surface area contributed by atoms with Crippen molar-refractivity contribution >= 4 is 17.7 Å². The van der Waals surface area contributed by atoms with E-state index in [-0.39, 0.29) is 11.5 Å². The molecule has 1 heterocycles. The van der Waals surface area contributed by atoms with E-state index in [1.807, 2.05) is 12.2 Å². The highest BCUT2D eigenvalue weighted by atomic mass is 19.1. The van der Waals surface area contributed by atoms with Crippen molar-refractivity contribution in [3.8, 4) is 0 Å². The lowest BCUT2D eigenvalue weighted by Gasteiger charge is -2.49. The van der Waals surface area contributed by atoms with Gasteiger partial charge in [0, 0.05) is 12.6 Å². The smallest absolute Gasteiger partial charge is 0.328 e. The van der Waals surface area contributed by atoms with E-state index in [1.54, 1.807) is 6.92 Å². The van der Waals surface area contributed by atoms with Crippen molar-refractivity contribution in [2.75, 3.05) is 13.6 Å². The maximum atomic E-state index is 13.4. The van der Waals surface area contributed by atoms with Gasteiger partial charge < -0.3 is 10.0 Å². The largest absolute Gasteiger partial charge is 0.372 e. The van der Waals surface area contributed by atoms with Crippen LogP contribution >= 0.6 is 0 Å². The Morgan fingerprint density at radius 1 is 1.37 bits per heavy atom. The van der Waals surface area contributed by atoms with Crippen molar-refractivity contribution in [3.05, 3.63) is 47.8 Å². The summed E-state index contributed by atoms with van der Waals surface area (Å²) in [6.07, 6.45) is 5.10. The van der Waals surface area contributed by atoms with Crippen LogP contribution in [0.1, 0.15) is 36.5 Å². The molecular formula is C20H23FN2O4. The fraction of sp³-hybridized carbons (Fsp3) is 0.450. The first-order valence-corrected chi connectivity index (χ1v) is 8.99. The van der Waals surface area contributed by atoms with Gasteiger partial charge in [-0.1, -0.05) is 24.3 Å². The van der Waals surface area contributed by atoms with Crippen LogP contribution in [0.25, 0.3) is 0 Å². The minimum absolute atomic E-state index is 0.0867. The summed E-state index contributed by atoms with van der Waals surface area (Å²) in [4.78, 5) is 40.3. The fourth-order valence-corrected chi connectivity index (χ4v) is 3.88. The van der Waals surface area contributed by atoms with E-state index in [2.05, 4.69) is 0 Å². The lowest BCUT2D eigenvalue weighted by atomic mass is 9.69. The molecule has 7 heteroatoms. The Hall–Kier alpha value is -2.54. The minimum atomic E-state index is -1.29. The highest BCUT2D eigenvalue weighted by Gasteiger charge is 2.56. The third-order valence-electron chi connectivity index (χ3n) is 5.61. The van der Waals surface area contributed by atoms with E-state index in [9.17, 15) is 23.9 Å². The number of allylic oxidation sites excluding steroid dienone is 2. The van der Waals surface area contributed by atoms with Crippen LogP contribution < -0.4 is 0 Å². The second-order valence-electron chi connectivity index (χ2n) is 7.34. The zero-order valence-corrected chi connectivity index (χ0v) is 15.4. The van der Waals surface area contributed by atoms with Crippen LogP contribution in [0, 0.1) is 17.2 Å². The third kappa shape index (κ3) is 3.27. The number of aliphatic hydroxyl groups is 1. The van der Waals surface area contributed by atoms with Gasteiger partial charge in [0.1, 0.15) is 12.0 Å². The molecule has 3 atom stereocenters. The number of urea groups is 1. The molecule has 0 radical (unpaired) electrons. The molecule has 144 valence electrons. The van der Waals surface area contributed by atoms with E-state index in [1.165, 1.54) is 25.2 Å². The fourth-order valence-electron chi connectivity index (χ4n) is 3.88. The second-order valence-corrected chi connectivity index (χ2v) is 7.34. The van der Waals surface area contributed by atoms with Crippen LogP contribution in [-0.4, -0.2) is 52.4 Å². The van der Waals surface area contributed by atoms with Crippen LogP contribution in [0.2, 0.25) is 0 Å². The Labute approximate surface area is 157 Å². The number of aliphatic hydroxyl groups excluding tert-OH is 1. The Morgan fingerprint density at radius 2 is 2.11 bits per heavy atom. The molecule has 3 unspecified atom stereocenters. The van der Waals surface area contributed by atoms with Crippen LogP contribution in [0.3, 0.4) is 0 Å². The van der Waals surface area contributed by atoms with Crippen LogP contribution in [-0.2, 0) is 4.79 Å². The zero-order chi connectivity index (χ0) is 19.8. The number of halogens is 1. The van der Waals surface area contributed by atoms with Crippen molar-refractivity contribution in [1.29, 1.82) is 0 Å². The standard InChI is InChI=1S/C20H23FN2O4/c1-20(14-8-4-3-5-9-14)17(25)22(2)19(27)23(18(20)26)12-16(24)13-7-6-10-15(21)11-13/h4,6-8,10-11,14,17,25H,3,5,9,12H2,1-2H3. The number of amides is 3. The SMILES string of the molecule is CN1C(=O)N(CC(=O)c2cccc(F)c2)C(=O)C(C)(C2C=CCCC2)C1O. The molecule has 0 aromatic heterocycles. The van der Waals surface area contributed by atoms with Crippen molar-refractivity contribution in [3.63, 3.8) is 0 Å². The molecule has 1 aliphatic heterocycles. The maximum Gasteiger partial charge on any atom is 0.328 e. The summed E-state index contributed by atoms with van der Waals surface area (Å²) in [5.74, 6) is -1.93. The summed E-state index contributed by atoms with van der Waals surface area (Å²) in [6, 6.07) is 4.38. The van der Waals surface area contributed by atoms with E-state index in [0.29, 0.717) is 6.42 Å². The summed E-state index contributed by atoms with van der Waals surface area (Å²) < 4.78 is 13.4. The summed E-state index contributed by atoms with van der Waals surface area (Å²) in [5, 5.41) is 10.7. The van der Waals surface area contributed by atoms with Gasteiger partial charge in [-0.2, -0.15) is 0 Å². The molecule has 3 amide bonds. The first-order chi connectivity index (χ1) is 12.8. The number of hydrogen-bond donors (Lipinski definition) is 1. The number of nitrogens with zero attached hydrogens (tertiary/aromatic N) is 2. The van der Waals surface area contributed by atoms with Crippen molar-refractivity contribution in [2.45, 2.75) is 32.4 Å². The molecule has 27 heavy (non-hydrogen) atoms. The Balaban J connectivity index is 1.91. The number of rotatable bonds is 4. The number of carbonyl (C=O) groups is 3. The van der Waals surface area contributed by atoms with E-state index < -0.39 is 41.7 Å². The van der Waals surface area contributed by atoms with Gasteiger partial charge in [0.25, 0.3) is 0 Å². The van der Waals surface area contributed by atoms with Crippen LogP contribution in [0.15, 0.2) is 36.4 Å². The molecule has 1 aliphatic carbocycles. The quantitative estimate of drug-likeness (QED) is 0.649. The van der Waals surface area contributed by atoms with Gasteiger partial charge in [0.15, 0.2) is 5.78 Å². The Bertz CT molecular complexity index is 809. The molecule has 1 N–H and O–H groups in total. The van der Waals surface area contributed by atoms with Gasteiger partial charge in [0.05, 0.1) is 12.0 Å². The van der Waals surface area contributed by atoms with E-state index in [4.69, 9.17) is 0 Å². The summed E-state index contributed by atoms with van der Waals surface area (Å²) in [7, 11) is 1.41. The maximum absolute atomic E-state index is 13.4. The molecule has 3 rings (SSSR count). The van der Waals surface area contributed by atoms with Gasteiger partial charge in [-0.3, -0.25) is 14.5 Å². The first kappa shape index (κ1) is 19.2. The normalized spacial score (nSPS) is 28.6. The highest BCUT2D eigenvalue weighted by molar-refractivity contribution is 6.07. The summed E-state index contributed by atoms with van der Waals surface area (Å²) in [5.41, 5.74) is -1.16. The third-order valence-corrected chi connectivity index (χ3v) is 5.61. The molecule has 0 spiro atoms. The number of Topliss-reactive ketones (excluding diaryl/α,β-unsaturated/α-hetero) is 1. The van der Waals surface area contributed by atoms with Gasteiger partial charge in [-0.25, -0.2) is 9.18 Å². The number of ketones is 1. The molecule has 0 saturated carbocycles.